The summed E-state index contributed by atoms with van der Waals surface area (Å²) in [7, 11) is 0. The third-order valence-corrected chi connectivity index (χ3v) is 6.29. The van der Waals surface area contributed by atoms with E-state index in [0.29, 0.717) is 17.7 Å². The van der Waals surface area contributed by atoms with Gasteiger partial charge in [-0.1, -0.05) is 20.3 Å². The van der Waals surface area contributed by atoms with E-state index in [1.54, 1.807) is 0 Å². The molecule has 0 aliphatic heterocycles. The van der Waals surface area contributed by atoms with Gasteiger partial charge in [0, 0.05) is 19.4 Å². The number of aromatic hydroxyl groups is 2. The molecule has 0 amide bonds. The van der Waals surface area contributed by atoms with E-state index in [2.05, 4.69) is 0 Å². The number of ether oxygens (including phenoxy) is 2. The first-order chi connectivity index (χ1) is 15.0. The normalized spacial score (nSPS) is 19.5. The van der Waals surface area contributed by atoms with Crippen LogP contribution in [0.1, 0.15) is 93.1 Å². The number of carbonyl (C=O) groups excluding carboxylic acids is 2. The summed E-state index contributed by atoms with van der Waals surface area (Å²) in [4.78, 5) is 34.1. The third kappa shape index (κ3) is 6.37. The molecule has 0 saturated heterocycles. The van der Waals surface area contributed by atoms with Gasteiger partial charge in [0.1, 0.15) is 5.56 Å². The molecule has 8 heteroatoms. The SMILES string of the molecule is CC(=O)OC[C@H](C)CCC[C@H](COC(C)=O)[C@@H]1CC[C@@H](C)c2c1cc(C(=O)O)c(O)c2O. The number of hydrogen-bond donors (Lipinski definition) is 3. The van der Waals surface area contributed by atoms with Crippen LogP contribution in [0.5, 0.6) is 11.5 Å². The van der Waals surface area contributed by atoms with E-state index in [9.17, 15) is 29.7 Å². The molecule has 1 aromatic carbocycles. The van der Waals surface area contributed by atoms with Crippen LogP contribution in [0.3, 0.4) is 0 Å². The Bertz CT molecular complexity index is 847. The van der Waals surface area contributed by atoms with Crippen LogP contribution in [-0.2, 0) is 19.1 Å². The molecule has 0 unspecified atom stereocenters. The molecule has 1 aromatic rings. The summed E-state index contributed by atoms with van der Waals surface area (Å²) in [6, 6.07) is 1.46. The van der Waals surface area contributed by atoms with Gasteiger partial charge in [-0.3, -0.25) is 9.59 Å². The first-order valence-electron chi connectivity index (χ1n) is 11.1. The molecule has 4 atom stereocenters. The second-order valence-electron chi connectivity index (χ2n) is 8.92. The van der Waals surface area contributed by atoms with Crippen molar-refractivity contribution < 1.29 is 39.2 Å². The van der Waals surface area contributed by atoms with Gasteiger partial charge in [-0.2, -0.15) is 0 Å². The molecule has 2 rings (SSSR count). The predicted molar refractivity (Wildman–Crippen MR) is 117 cm³/mol. The fourth-order valence-corrected chi connectivity index (χ4v) is 4.60. The van der Waals surface area contributed by atoms with E-state index in [4.69, 9.17) is 9.47 Å². The maximum absolute atomic E-state index is 11.6. The van der Waals surface area contributed by atoms with Crippen molar-refractivity contribution in [3.63, 3.8) is 0 Å². The van der Waals surface area contributed by atoms with E-state index >= 15 is 0 Å². The third-order valence-electron chi connectivity index (χ3n) is 6.29. The fourth-order valence-electron chi connectivity index (χ4n) is 4.60. The van der Waals surface area contributed by atoms with Gasteiger partial charge in [-0.15, -0.1) is 0 Å². The number of aromatic carboxylic acids is 1. The second-order valence-corrected chi connectivity index (χ2v) is 8.92. The standard InChI is InChI=1S/C24H34O8/c1-13(11-31-15(3)25)6-5-7-17(12-32-16(4)26)18-9-8-14(2)21-19(18)10-20(24(29)30)22(27)23(21)28/h10,13-14,17-18,27-28H,5-9,11-12H2,1-4H3,(H,29,30)/t13-,14-,17-,18+/m1/s1. The summed E-state index contributed by atoms with van der Waals surface area (Å²) in [5, 5.41) is 30.2. The maximum atomic E-state index is 11.6. The van der Waals surface area contributed by atoms with Crippen LogP contribution in [-0.4, -0.2) is 46.4 Å². The quantitative estimate of drug-likeness (QED) is 0.355. The Kier molecular flexibility index (Phi) is 8.92. The van der Waals surface area contributed by atoms with Gasteiger partial charge < -0.3 is 24.8 Å². The van der Waals surface area contributed by atoms with E-state index < -0.39 is 11.7 Å². The lowest BCUT2D eigenvalue weighted by atomic mass is 9.70. The van der Waals surface area contributed by atoms with E-state index in [0.717, 1.165) is 32.1 Å². The van der Waals surface area contributed by atoms with Gasteiger partial charge in [0.2, 0.25) is 0 Å². The van der Waals surface area contributed by atoms with Gasteiger partial charge in [0.15, 0.2) is 11.5 Å². The zero-order chi connectivity index (χ0) is 24.0. The average Bonchev–Trinajstić information content (AvgIpc) is 2.71. The Labute approximate surface area is 188 Å². The van der Waals surface area contributed by atoms with Crippen LogP contribution in [0.2, 0.25) is 0 Å². The fraction of sp³-hybridized carbons (Fsp3) is 0.625. The van der Waals surface area contributed by atoms with Crippen LogP contribution >= 0.6 is 0 Å². The minimum absolute atomic E-state index is 0.0341. The molecule has 0 radical (unpaired) electrons. The highest BCUT2D eigenvalue weighted by Crippen LogP contribution is 2.50. The summed E-state index contributed by atoms with van der Waals surface area (Å²) < 4.78 is 10.4. The second kappa shape index (κ2) is 11.2. The van der Waals surface area contributed by atoms with Gasteiger partial charge >= 0.3 is 17.9 Å². The molecule has 178 valence electrons. The minimum Gasteiger partial charge on any atom is -0.504 e. The lowest BCUT2D eigenvalue weighted by Gasteiger charge is -2.36. The smallest absolute Gasteiger partial charge is 0.339 e. The number of hydrogen-bond acceptors (Lipinski definition) is 7. The molecule has 0 heterocycles. The molecule has 3 N–H and O–H groups in total. The average molecular weight is 451 g/mol. The number of esters is 2. The number of carbonyl (C=O) groups is 3. The molecular formula is C24H34O8. The lowest BCUT2D eigenvalue weighted by molar-refractivity contribution is -0.143. The van der Waals surface area contributed by atoms with Crippen molar-refractivity contribution in [1.82, 2.24) is 0 Å². The molecule has 8 nitrogen and oxygen atoms in total. The summed E-state index contributed by atoms with van der Waals surface area (Å²) >= 11 is 0. The zero-order valence-electron chi connectivity index (χ0n) is 19.2. The molecule has 1 aliphatic rings. The summed E-state index contributed by atoms with van der Waals surface area (Å²) in [6.45, 7) is 7.20. The van der Waals surface area contributed by atoms with E-state index in [-0.39, 0.29) is 53.5 Å². The summed E-state index contributed by atoms with van der Waals surface area (Å²) in [6.07, 6.45) is 3.87. The number of fused-ring (bicyclic) bond motifs is 1. The Hall–Kier alpha value is -2.77. The predicted octanol–water partition coefficient (Wildman–Crippen LogP) is 4.33. The largest absolute Gasteiger partial charge is 0.504 e. The Morgan fingerprint density at radius 3 is 2.25 bits per heavy atom. The number of phenols is 2. The van der Waals surface area contributed by atoms with Gasteiger partial charge in [0.05, 0.1) is 13.2 Å². The Balaban J connectivity index is 2.28. The van der Waals surface area contributed by atoms with Crippen LogP contribution in [0.4, 0.5) is 0 Å². The van der Waals surface area contributed by atoms with E-state index in [1.165, 1.54) is 19.9 Å². The number of carboxylic acid groups (broad SMARTS) is 1. The maximum Gasteiger partial charge on any atom is 0.339 e. The molecule has 1 aliphatic carbocycles. The highest BCUT2D eigenvalue weighted by Gasteiger charge is 2.35. The van der Waals surface area contributed by atoms with Crippen molar-refractivity contribution in [2.45, 2.75) is 71.6 Å². The van der Waals surface area contributed by atoms with Crippen LogP contribution in [0.25, 0.3) is 0 Å². The Morgan fingerprint density at radius 1 is 1.03 bits per heavy atom. The first kappa shape index (κ1) is 25.5. The van der Waals surface area contributed by atoms with Crippen LogP contribution in [0.15, 0.2) is 6.07 Å². The van der Waals surface area contributed by atoms with E-state index in [1.807, 2.05) is 13.8 Å². The van der Waals surface area contributed by atoms with Gasteiger partial charge in [-0.25, -0.2) is 4.79 Å². The number of rotatable bonds is 10. The van der Waals surface area contributed by atoms with Crippen molar-refractivity contribution >= 4 is 17.9 Å². The van der Waals surface area contributed by atoms with Crippen molar-refractivity contribution in [3.05, 3.63) is 22.8 Å². The van der Waals surface area contributed by atoms with Gasteiger partial charge in [0.25, 0.3) is 0 Å². The number of benzene rings is 1. The molecule has 0 fully saturated rings. The van der Waals surface area contributed by atoms with Crippen molar-refractivity contribution in [2.24, 2.45) is 11.8 Å². The van der Waals surface area contributed by atoms with Crippen LogP contribution < -0.4 is 0 Å². The molecule has 0 bridgehead atoms. The first-order valence-corrected chi connectivity index (χ1v) is 11.1. The highest BCUT2D eigenvalue weighted by atomic mass is 16.5. The number of phenolic OH excluding ortho intramolecular Hbond substituents is 1. The number of carboxylic acids is 1. The van der Waals surface area contributed by atoms with Gasteiger partial charge in [-0.05, 0) is 61.0 Å². The topological polar surface area (TPSA) is 130 Å². The monoisotopic (exact) mass is 450 g/mol. The molecule has 32 heavy (non-hydrogen) atoms. The minimum atomic E-state index is -1.31. The Morgan fingerprint density at radius 2 is 1.66 bits per heavy atom. The molecule has 0 saturated carbocycles. The lowest BCUT2D eigenvalue weighted by Crippen LogP contribution is -2.25. The molecular weight excluding hydrogens is 416 g/mol. The summed E-state index contributed by atoms with van der Waals surface area (Å²) in [5.41, 5.74) is 0.933. The molecule has 0 aromatic heterocycles. The zero-order valence-corrected chi connectivity index (χ0v) is 19.2. The summed E-state index contributed by atoms with van der Waals surface area (Å²) in [5.74, 6) is -3.03. The molecule has 0 spiro atoms. The highest BCUT2D eigenvalue weighted by molar-refractivity contribution is 5.92. The van der Waals surface area contributed by atoms with Crippen molar-refractivity contribution in [3.8, 4) is 11.5 Å². The van der Waals surface area contributed by atoms with Crippen molar-refractivity contribution in [1.29, 1.82) is 0 Å². The van der Waals surface area contributed by atoms with Crippen LogP contribution in [0, 0.1) is 11.8 Å². The van der Waals surface area contributed by atoms with Crippen molar-refractivity contribution in [2.75, 3.05) is 13.2 Å².